The minimum Gasteiger partial charge on any atom is -0.456 e. The van der Waals surface area contributed by atoms with E-state index in [4.69, 9.17) is 13.6 Å². The van der Waals surface area contributed by atoms with Crippen molar-refractivity contribution >= 4 is 60.9 Å². The SMILES string of the molecule is c1ccc2c(c1)Oc1ccccc1N2c1ccc(-c2cccc3oc4ccc5c6ccccc6oc5c4c23)cc1. The summed E-state index contributed by atoms with van der Waals surface area (Å²) in [4.78, 5) is 2.25. The summed E-state index contributed by atoms with van der Waals surface area (Å²) in [6, 6.07) is 43.6. The van der Waals surface area contributed by atoms with Crippen LogP contribution in [0.4, 0.5) is 17.1 Å². The number of benzene rings is 6. The third-order valence-electron chi connectivity index (χ3n) is 7.87. The molecule has 2 aromatic heterocycles. The van der Waals surface area contributed by atoms with Gasteiger partial charge >= 0.3 is 0 Å². The lowest BCUT2D eigenvalue weighted by atomic mass is 9.98. The van der Waals surface area contributed by atoms with E-state index in [0.717, 1.165) is 83.6 Å². The lowest BCUT2D eigenvalue weighted by Gasteiger charge is -2.32. The van der Waals surface area contributed by atoms with Crippen molar-refractivity contribution in [2.24, 2.45) is 0 Å². The summed E-state index contributed by atoms with van der Waals surface area (Å²) in [7, 11) is 0. The maximum Gasteiger partial charge on any atom is 0.151 e. The zero-order chi connectivity index (χ0) is 26.2. The van der Waals surface area contributed by atoms with Crippen LogP contribution in [0.15, 0.2) is 136 Å². The molecule has 188 valence electrons. The Morgan fingerprint density at radius 1 is 0.450 bits per heavy atom. The van der Waals surface area contributed by atoms with Gasteiger partial charge in [0.05, 0.1) is 16.8 Å². The van der Waals surface area contributed by atoms with Crippen LogP contribution in [-0.2, 0) is 0 Å². The number of ether oxygens (including phenoxy) is 1. The maximum absolute atomic E-state index is 6.41. The molecule has 0 spiro atoms. The molecule has 4 nitrogen and oxygen atoms in total. The molecule has 4 heteroatoms. The van der Waals surface area contributed by atoms with Crippen LogP contribution in [0.3, 0.4) is 0 Å². The van der Waals surface area contributed by atoms with Crippen molar-refractivity contribution in [3.63, 3.8) is 0 Å². The van der Waals surface area contributed by atoms with E-state index in [9.17, 15) is 0 Å². The molecule has 0 saturated carbocycles. The van der Waals surface area contributed by atoms with Crippen molar-refractivity contribution in [1.82, 2.24) is 0 Å². The molecule has 40 heavy (non-hydrogen) atoms. The van der Waals surface area contributed by atoms with Gasteiger partial charge in [0.15, 0.2) is 11.5 Å². The molecule has 6 aromatic carbocycles. The van der Waals surface area contributed by atoms with E-state index >= 15 is 0 Å². The summed E-state index contributed by atoms with van der Waals surface area (Å²) >= 11 is 0. The van der Waals surface area contributed by atoms with E-state index in [-0.39, 0.29) is 0 Å². The summed E-state index contributed by atoms with van der Waals surface area (Å²) in [5.74, 6) is 1.68. The number of rotatable bonds is 2. The number of nitrogens with zero attached hydrogens (tertiary/aromatic N) is 1. The fourth-order valence-corrected chi connectivity index (χ4v) is 6.10. The van der Waals surface area contributed by atoms with E-state index < -0.39 is 0 Å². The van der Waals surface area contributed by atoms with Crippen molar-refractivity contribution < 1.29 is 13.6 Å². The second-order valence-electron chi connectivity index (χ2n) is 10.1. The minimum atomic E-state index is 0.826. The maximum atomic E-state index is 6.41. The predicted molar refractivity (Wildman–Crippen MR) is 161 cm³/mol. The van der Waals surface area contributed by atoms with Crippen LogP contribution in [0.1, 0.15) is 0 Å². The zero-order valence-corrected chi connectivity index (χ0v) is 21.3. The van der Waals surface area contributed by atoms with Gasteiger partial charge in [-0.2, -0.15) is 0 Å². The molecule has 0 radical (unpaired) electrons. The monoisotopic (exact) mass is 515 g/mol. The Hall–Kier alpha value is -5.48. The first-order chi connectivity index (χ1) is 19.8. The normalized spacial score (nSPS) is 12.7. The Bertz CT molecular complexity index is 2210. The minimum absolute atomic E-state index is 0.826. The van der Waals surface area contributed by atoms with Gasteiger partial charge in [-0.25, -0.2) is 0 Å². The molecule has 9 rings (SSSR count). The van der Waals surface area contributed by atoms with Crippen LogP contribution < -0.4 is 9.64 Å². The third kappa shape index (κ3) is 2.96. The lowest BCUT2D eigenvalue weighted by molar-refractivity contribution is 0.477. The highest BCUT2D eigenvalue weighted by Crippen LogP contribution is 2.50. The van der Waals surface area contributed by atoms with Crippen LogP contribution in [0.25, 0.3) is 55.0 Å². The average molecular weight is 516 g/mol. The van der Waals surface area contributed by atoms with Gasteiger partial charge in [-0.15, -0.1) is 0 Å². The van der Waals surface area contributed by atoms with Crippen LogP contribution in [0.2, 0.25) is 0 Å². The highest BCUT2D eigenvalue weighted by molar-refractivity contribution is 6.24. The molecular weight excluding hydrogens is 494 g/mol. The standard InChI is InChI=1S/C36H21NO3/c1-4-12-29-25(8-1)26-20-21-33-35(36(26)40-29)34-24(9-7-15-32(34)39-33)22-16-18-23(19-17-22)37-27-10-2-5-13-30(27)38-31-14-6-3-11-28(31)37/h1-21H. The van der Waals surface area contributed by atoms with Crippen LogP contribution in [0.5, 0.6) is 11.5 Å². The van der Waals surface area contributed by atoms with Crippen molar-refractivity contribution in [3.05, 3.63) is 127 Å². The van der Waals surface area contributed by atoms with Gasteiger partial charge in [0.25, 0.3) is 0 Å². The van der Waals surface area contributed by atoms with E-state index in [1.54, 1.807) is 0 Å². The van der Waals surface area contributed by atoms with Gasteiger partial charge in [-0.1, -0.05) is 66.7 Å². The van der Waals surface area contributed by atoms with Crippen molar-refractivity contribution in [1.29, 1.82) is 0 Å². The molecule has 1 aliphatic rings. The molecule has 8 aromatic rings. The second kappa shape index (κ2) is 8.01. The number of hydrogen-bond acceptors (Lipinski definition) is 4. The molecule has 3 heterocycles. The quantitative estimate of drug-likeness (QED) is 0.229. The first kappa shape index (κ1) is 21.5. The smallest absolute Gasteiger partial charge is 0.151 e. The van der Waals surface area contributed by atoms with Gasteiger partial charge in [0.2, 0.25) is 0 Å². The topological polar surface area (TPSA) is 38.8 Å². The summed E-state index contributed by atoms with van der Waals surface area (Å²) in [5.41, 5.74) is 8.74. The molecule has 0 atom stereocenters. The molecule has 0 fully saturated rings. The van der Waals surface area contributed by atoms with Gasteiger partial charge in [-0.05, 0) is 71.8 Å². The molecule has 1 aliphatic heterocycles. The third-order valence-corrected chi connectivity index (χ3v) is 7.87. The number of furan rings is 2. The summed E-state index contributed by atoms with van der Waals surface area (Å²) < 4.78 is 18.9. The number of fused-ring (bicyclic) bond motifs is 9. The van der Waals surface area contributed by atoms with Crippen molar-refractivity contribution in [2.45, 2.75) is 0 Å². The van der Waals surface area contributed by atoms with Gasteiger partial charge in [0, 0.05) is 21.8 Å². The van der Waals surface area contributed by atoms with E-state index in [1.165, 1.54) is 0 Å². The Kier molecular flexibility index (Phi) is 4.30. The summed E-state index contributed by atoms with van der Waals surface area (Å²) in [6.45, 7) is 0. The van der Waals surface area contributed by atoms with Gasteiger partial charge in [0.1, 0.15) is 22.3 Å². The van der Waals surface area contributed by atoms with E-state index in [2.05, 4.69) is 71.6 Å². The predicted octanol–water partition coefficient (Wildman–Crippen LogP) is 10.7. The molecule has 0 amide bonds. The van der Waals surface area contributed by atoms with Crippen molar-refractivity contribution in [3.8, 4) is 22.6 Å². The van der Waals surface area contributed by atoms with E-state index in [0.29, 0.717) is 0 Å². The fraction of sp³-hybridized carbons (Fsp3) is 0. The van der Waals surface area contributed by atoms with Gasteiger partial charge < -0.3 is 18.5 Å². The highest BCUT2D eigenvalue weighted by atomic mass is 16.5. The largest absolute Gasteiger partial charge is 0.456 e. The van der Waals surface area contributed by atoms with Crippen molar-refractivity contribution in [2.75, 3.05) is 4.90 Å². The summed E-state index contributed by atoms with van der Waals surface area (Å²) in [5, 5.41) is 4.29. The highest BCUT2D eigenvalue weighted by Gasteiger charge is 2.25. The molecule has 0 bridgehead atoms. The number of hydrogen-bond donors (Lipinski definition) is 0. The Morgan fingerprint density at radius 2 is 1.12 bits per heavy atom. The molecule has 0 N–H and O–H groups in total. The Morgan fingerprint density at radius 3 is 1.93 bits per heavy atom. The zero-order valence-electron chi connectivity index (χ0n) is 21.3. The van der Waals surface area contributed by atoms with Crippen LogP contribution >= 0.6 is 0 Å². The van der Waals surface area contributed by atoms with Crippen LogP contribution in [0, 0.1) is 0 Å². The molecule has 0 unspecified atom stereocenters. The first-order valence-electron chi connectivity index (χ1n) is 13.4. The fourth-order valence-electron chi connectivity index (χ4n) is 6.10. The van der Waals surface area contributed by atoms with Crippen LogP contribution in [-0.4, -0.2) is 0 Å². The average Bonchev–Trinajstić information content (AvgIpc) is 3.58. The number of anilines is 3. The lowest BCUT2D eigenvalue weighted by Crippen LogP contribution is -2.15. The Labute approximate surface area is 229 Å². The van der Waals surface area contributed by atoms with E-state index in [1.807, 2.05) is 60.7 Å². The first-order valence-corrected chi connectivity index (χ1v) is 13.4. The van der Waals surface area contributed by atoms with Gasteiger partial charge in [-0.3, -0.25) is 0 Å². The molecular formula is C36H21NO3. The number of para-hydroxylation sites is 5. The molecule has 0 saturated heterocycles. The second-order valence-corrected chi connectivity index (χ2v) is 10.1. The summed E-state index contributed by atoms with van der Waals surface area (Å²) in [6.07, 6.45) is 0. The Balaban J connectivity index is 1.24. The molecule has 0 aliphatic carbocycles.